The van der Waals surface area contributed by atoms with Gasteiger partial charge in [0, 0.05) is 18.3 Å². The Bertz CT molecular complexity index is 993. The fourth-order valence-corrected chi connectivity index (χ4v) is 2.83. The molecule has 4 aromatic rings. The van der Waals surface area contributed by atoms with Gasteiger partial charge in [0.15, 0.2) is 5.65 Å². The normalized spacial score (nSPS) is 11.1. The monoisotopic (exact) mass is 349 g/mol. The molecule has 0 unspecified atom stereocenters. The number of fused-ring (bicyclic) bond motifs is 1. The minimum Gasteiger partial charge on any atom is -0.394 e. The zero-order valence-corrected chi connectivity index (χ0v) is 14.2. The van der Waals surface area contributed by atoms with Crippen molar-refractivity contribution < 1.29 is 5.11 Å². The molecule has 26 heavy (non-hydrogen) atoms. The Labute approximate surface area is 150 Å². The van der Waals surface area contributed by atoms with Crippen LogP contribution in [0.15, 0.2) is 55.2 Å². The number of aromatic nitrogens is 6. The third-order valence-corrected chi connectivity index (χ3v) is 4.08. The third kappa shape index (κ3) is 3.40. The van der Waals surface area contributed by atoms with Crippen LogP contribution < -0.4 is 5.32 Å². The van der Waals surface area contributed by atoms with Gasteiger partial charge in [-0.2, -0.15) is 10.2 Å². The van der Waals surface area contributed by atoms with Crippen molar-refractivity contribution in [2.24, 2.45) is 0 Å². The van der Waals surface area contributed by atoms with Crippen LogP contribution in [0.2, 0.25) is 0 Å². The number of benzene rings is 1. The van der Waals surface area contributed by atoms with Gasteiger partial charge in [-0.25, -0.2) is 14.6 Å². The van der Waals surface area contributed by atoms with Gasteiger partial charge in [-0.15, -0.1) is 0 Å². The van der Waals surface area contributed by atoms with Gasteiger partial charge in [-0.1, -0.05) is 30.3 Å². The maximum Gasteiger partial charge on any atom is 0.163 e. The number of nitrogens with zero attached hydrogens (tertiary/aromatic N) is 6. The summed E-state index contributed by atoms with van der Waals surface area (Å²) in [5, 5.41) is 21.9. The Balaban J connectivity index is 1.45. The van der Waals surface area contributed by atoms with Gasteiger partial charge in [0.05, 0.1) is 37.5 Å². The standard InChI is InChI=1S/C18H19N7O/c26-7-6-25-18-16(10-23-25)17(20-13-21-18)19-8-15-9-22-24(12-15)11-14-4-2-1-3-5-14/h1-5,9-10,12-13,26H,6-8,11H2,(H,19,20,21). The van der Waals surface area contributed by atoms with Crippen LogP contribution in [0.5, 0.6) is 0 Å². The van der Waals surface area contributed by atoms with E-state index in [-0.39, 0.29) is 6.61 Å². The lowest BCUT2D eigenvalue weighted by Gasteiger charge is -2.05. The minimum absolute atomic E-state index is 0.0180. The summed E-state index contributed by atoms with van der Waals surface area (Å²) in [5.74, 6) is 0.718. The van der Waals surface area contributed by atoms with E-state index in [1.54, 1.807) is 10.9 Å². The molecule has 4 rings (SSSR count). The molecule has 0 atom stereocenters. The van der Waals surface area contributed by atoms with Crippen molar-refractivity contribution in [2.75, 3.05) is 11.9 Å². The quantitative estimate of drug-likeness (QED) is 0.527. The van der Waals surface area contributed by atoms with Crippen molar-refractivity contribution in [1.82, 2.24) is 29.5 Å². The van der Waals surface area contributed by atoms with E-state index in [2.05, 4.69) is 37.6 Å². The molecule has 2 N–H and O–H groups in total. The molecule has 0 aliphatic rings. The molecule has 8 heteroatoms. The first-order chi connectivity index (χ1) is 12.8. The first-order valence-electron chi connectivity index (χ1n) is 8.40. The number of aliphatic hydroxyl groups is 1. The molecule has 0 aliphatic heterocycles. The van der Waals surface area contributed by atoms with Gasteiger partial charge in [0.25, 0.3) is 0 Å². The van der Waals surface area contributed by atoms with Gasteiger partial charge in [0.1, 0.15) is 12.1 Å². The first kappa shape index (κ1) is 16.2. The van der Waals surface area contributed by atoms with Crippen LogP contribution >= 0.6 is 0 Å². The van der Waals surface area contributed by atoms with Crippen molar-refractivity contribution in [3.05, 3.63) is 66.4 Å². The summed E-state index contributed by atoms with van der Waals surface area (Å²) in [6.07, 6.45) is 7.09. The van der Waals surface area contributed by atoms with Crippen molar-refractivity contribution in [1.29, 1.82) is 0 Å². The first-order valence-corrected chi connectivity index (χ1v) is 8.40. The van der Waals surface area contributed by atoms with Crippen LogP contribution in [-0.2, 0) is 19.6 Å². The van der Waals surface area contributed by atoms with E-state index in [0.717, 1.165) is 23.3 Å². The number of hydrogen-bond donors (Lipinski definition) is 2. The molecule has 1 aromatic carbocycles. The lowest BCUT2D eigenvalue weighted by atomic mass is 10.2. The summed E-state index contributed by atoms with van der Waals surface area (Å²) in [7, 11) is 0. The molecule has 0 spiro atoms. The molecular weight excluding hydrogens is 330 g/mol. The molecule has 8 nitrogen and oxygen atoms in total. The highest BCUT2D eigenvalue weighted by atomic mass is 16.3. The summed E-state index contributed by atoms with van der Waals surface area (Å²) in [6, 6.07) is 10.2. The number of anilines is 1. The van der Waals surface area contributed by atoms with Crippen LogP contribution in [0.3, 0.4) is 0 Å². The molecule has 3 heterocycles. The number of hydrogen-bond acceptors (Lipinski definition) is 6. The van der Waals surface area contributed by atoms with E-state index in [4.69, 9.17) is 5.11 Å². The summed E-state index contributed by atoms with van der Waals surface area (Å²) in [6.45, 7) is 1.77. The van der Waals surface area contributed by atoms with Gasteiger partial charge < -0.3 is 10.4 Å². The lowest BCUT2D eigenvalue weighted by Crippen LogP contribution is -2.06. The Morgan fingerprint density at radius 1 is 1.00 bits per heavy atom. The van der Waals surface area contributed by atoms with Gasteiger partial charge in [-0.3, -0.25) is 4.68 Å². The number of nitrogens with one attached hydrogen (secondary N) is 1. The van der Waals surface area contributed by atoms with Crippen LogP contribution in [0.1, 0.15) is 11.1 Å². The Morgan fingerprint density at radius 2 is 1.88 bits per heavy atom. The Hall–Kier alpha value is -3.26. The summed E-state index contributed by atoms with van der Waals surface area (Å²) >= 11 is 0. The Kier molecular flexibility index (Phi) is 4.57. The second-order valence-corrected chi connectivity index (χ2v) is 5.94. The van der Waals surface area contributed by atoms with Crippen molar-refractivity contribution >= 4 is 16.9 Å². The molecule has 0 aliphatic carbocycles. The zero-order valence-electron chi connectivity index (χ0n) is 14.2. The van der Waals surface area contributed by atoms with Crippen molar-refractivity contribution in [2.45, 2.75) is 19.6 Å². The van der Waals surface area contributed by atoms with Crippen LogP contribution in [0.25, 0.3) is 11.0 Å². The van der Waals surface area contributed by atoms with E-state index in [1.807, 2.05) is 35.3 Å². The topological polar surface area (TPSA) is 93.7 Å². The van der Waals surface area contributed by atoms with Crippen LogP contribution in [0.4, 0.5) is 5.82 Å². The zero-order chi connectivity index (χ0) is 17.8. The highest BCUT2D eigenvalue weighted by molar-refractivity contribution is 5.85. The molecule has 132 valence electrons. The van der Waals surface area contributed by atoms with E-state index >= 15 is 0 Å². The molecule has 0 bridgehead atoms. The van der Waals surface area contributed by atoms with E-state index in [0.29, 0.717) is 18.7 Å². The molecule has 0 fully saturated rings. The minimum atomic E-state index is 0.0180. The highest BCUT2D eigenvalue weighted by Gasteiger charge is 2.09. The second kappa shape index (κ2) is 7.32. The third-order valence-electron chi connectivity index (χ3n) is 4.08. The predicted molar refractivity (Wildman–Crippen MR) is 97.5 cm³/mol. The second-order valence-electron chi connectivity index (χ2n) is 5.94. The van der Waals surface area contributed by atoms with Crippen LogP contribution in [-0.4, -0.2) is 41.2 Å². The van der Waals surface area contributed by atoms with Gasteiger partial charge >= 0.3 is 0 Å². The van der Waals surface area contributed by atoms with Gasteiger partial charge in [0.2, 0.25) is 0 Å². The SMILES string of the molecule is OCCn1ncc2c(NCc3cnn(Cc4ccccc4)c3)ncnc21. The average Bonchev–Trinajstić information content (AvgIpc) is 3.29. The fraction of sp³-hybridized carbons (Fsp3) is 0.222. The lowest BCUT2D eigenvalue weighted by molar-refractivity contribution is 0.271. The number of rotatable bonds is 7. The molecule has 0 saturated carbocycles. The summed E-state index contributed by atoms with van der Waals surface area (Å²) < 4.78 is 3.58. The maximum atomic E-state index is 9.10. The highest BCUT2D eigenvalue weighted by Crippen LogP contribution is 2.19. The summed E-state index contributed by atoms with van der Waals surface area (Å²) in [4.78, 5) is 8.55. The maximum absolute atomic E-state index is 9.10. The molecule has 0 saturated heterocycles. The Morgan fingerprint density at radius 3 is 2.73 bits per heavy atom. The van der Waals surface area contributed by atoms with Crippen molar-refractivity contribution in [3.63, 3.8) is 0 Å². The van der Waals surface area contributed by atoms with Crippen molar-refractivity contribution in [3.8, 4) is 0 Å². The van der Waals surface area contributed by atoms with E-state index in [9.17, 15) is 0 Å². The molecule has 3 aromatic heterocycles. The number of aliphatic hydroxyl groups excluding tert-OH is 1. The average molecular weight is 349 g/mol. The molecule has 0 amide bonds. The molecule has 0 radical (unpaired) electrons. The predicted octanol–water partition coefficient (Wildman–Crippen LogP) is 1.68. The van der Waals surface area contributed by atoms with Gasteiger partial charge in [-0.05, 0) is 5.56 Å². The fourth-order valence-electron chi connectivity index (χ4n) is 2.83. The molecular formula is C18H19N7O. The van der Waals surface area contributed by atoms with E-state index < -0.39 is 0 Å². The van der Waals surface area contributed by atoms with Crippen LogP contribution in [0, 0.1) is 0 Å². The largest absolute Gasteiger partial charge is 0.394 e. The van der Waals surface area contributed by atoms with E-state index in [1.165, 1.54) is 11.9 Å². The summed E-state index contributed by atoms with van der Waals surface area (Å²) in [5.41, 5.74) is 2.98. The smallest absolute Gasteiger partial charge is 0.163 e.